The number of sulfonamides is 1. The van der Waals surface area contributed by atoms with E-state index >= 15 is 0 Å². The molecule has 17 heavy (non-hydrogen) atoms. The molecular formula is C10H20N2O4S. The van der Waals surface area contributed by atoms with E-state index in [0.717, 1.165) is 6.42 Å². The van der Waals surface area contributed by atoms with Crippen molar-refractivity contribution < 1.29 is 17.9 Å². The van der Waals surface area contributed by atoms with Crippen molar-refractivity contribution in [3.05, 3.63) is 0 Å². The molecule has 0 atom stereocenters. The summed E-state index contributed by atoms with van der Waals surface area (Å²) in [5.41, 5.74) is 0. The lowest BCUT2D eigenvalue weighted by Crippen LogP contribution is -2.59. The summed E-state index contributed by atoms with van der Waals surface area (Å²) in [5, 5.41) is 3.05. The molecular weight excluding hydrogens is 244 g/mol. The smallest absolute Gasteiger partial charge is 0.306 e. The number of methoxy groups -OCH3 is 1. The number of nitrogens with one attached hydrogen (secondary N) is 1. The van der Waals surface area contributed by atoms with Crippen molar-refractivity contribution in [1.82, 2.24) is 9.62 Å². The predicted molar refractivity (Wildman–Crippen MR) is 64.1 cm³/mol. The van der Waals surface area contributed by atoms with Crippen LogP contribution in [0.1, 0.15) is 19.8 Å². The molecule has 0 aliphatic carbocycles. The van der Waals surface area contributed by atoms with E-state index in [1.807, 2.05) is 6.92 Å². The molecule has 0 aromatic heterocycles. The first-order valence-corrected chi connectivity index (χ1v) is 7.39. The van der Waals surface area contributed by atoms with E-state index in [2.05, 4.69) is 10.1 Å². The van der Waals surface area contributed by atoms with Crippen molar-refractivity contribution >= 4 is 16.0 Å². The Bertz CT molecular complexity index is 351. The molecule has 0 bridgehead atoms. The van der Waals surface area contributed by atoms with Gasteiger partial charge < -0.3 is 10.1 Å². The Balaban J connectivity index is 2.60. The highest BCUT2D eigenvalue weighted by atomic mass is 32.2. The molecule has 0 amide bonds. The fraction of sp³-hybridized carbons (Fsp3) is 0.900. The largest absolute Gasteiger partial charge is 0.469 e. The lowest BCUT2D eigenvalue weighted by atomic mass is 10.2. The molecule has 0 radical (unpaired) electrons. The minimum absolute atomic E-state index is 0.0394. The van der Waals surface area contributed by atoms with Crippen LogP contribution in [-0.4, -0.2) is 57.2 Å². The highest BCUT2D eigenvalue weighted by molar-refractivity contribution is 7.89. The van der Waals surface area contributed by atoms with Gasteiger partial charge in [-0.25, -0.2) is 8.42 Å². The van der Waals surface area contributed by atoms with Crippen molar-refractivity contribution in [3.63, 3.8) is 0 Å². The Morgan fingerprint density at radius 1 is 1.47 bits per heavy atom. The second-order valence-corrected chi connectivity index (χ2v) is 6.11. The number of hydrogen-bond donors (Lipinski definition) is 1. The van der Waals surface area contributed by atoms with Crippen molar-refractivity contribution in [3.8, 4) is 0 Å². The normalized spacial score (nSPS) is 16.9. The molecule has 1 heterocycles. The van der Waals surface area contributed by atoms with Crippen LogP contribution in [0, 0.1) is 0 Å². The number of esters is 1. The van der Waals surface area contributed by atoms with Crippen molar-refractivity contribution in [2.45, 2.75) is 25.8 Å². The number of ether oxygens (including phenoxy) is 1. The Kier molecular flexibility index (Phi) is 5.35. The molecule has 1 saturated heterocycles. The number of nitrogens with zero attached hydrogens (tertiary/aromatic N) is 1. The van der Waals surface area contributed by atoms with Gasteiger partial charge in [0, 0.05) is 25.7 Å². The van der Waals surface area contributed by atoms with E-state index in [4.69, 9.17) is 0 Å². The van der Waals surface area contributed by atoms with Gasteiger partial charge in [-0.2, -0.15) is 4.31 Å². The van der Waals surface area contributed by atoms with Gasteiger partial charge in [-0.3, -0.25) is 4.79 Å². The molecule has 1 fully saturated rings. The first-order valence-electron chi connectivity index (χ1n) is 5.78. The van der Waals surface area contributed by atoms with Crippen LogP contribution < -0.4 is 5.32 Å². The van der Waals surface area contributed by atoms with Gasteiger partial charge in [0.1, 0.15) is 0 Å². The van der Waals surface area contributed by atoms with Gasteiger partial charge in [-0.15, -0.1) is 0 Å². The third-order valence-electron chi connectivity index (χ3n) is 2.76. The van der Waals surface area contributed by atoms with Crippen LogP contribution >= 0.6 is 0 Å². The number of carbonyl (C=O) groups is 1. The fourth-order valence-corrected chi connectivity index (χ4v) is 3.40. The van der Waals surface area contributed by atoms with E-state index in [1.165, 1.54) is 11.4 Å². The minimum atomic E-state index is -3.36. The van der Waals surface area contributed by atoms with Gasteiger partial charge >= 0.3 is 5.97 Å². The zero-order chi connectivity index (χ0) is 12.9. The van der Waals surface area contributed by atoms with Crippen LogP contribution in [0.15, 0.2) is 0 Å². The van der Waals surface area contributed by atoms with Crippen LogP contribution in [0.2, 0.25) is 0 Å². The molecule has 0 aromatic carbocycles. The molecule has 100 valence electrons. The van der Waals surface area contributed by atoms with Crippen LogP contribution in [0.25, 0.3) is 0 Å². The average Bonchev–Trinajstić information content (AvgIpc) is 2.23. The van der Waals surface area contributed by atoms with Gasteiger partial charge in [-0.05, 0) is 6.42 Å². The lowest BCUT2D eigenvalue weighted by Gasteiger charge is -2.37. The number of rotatable bonds is 7. The van der Waals surface area contributed by atoms with E-state index in [0.29, 0.717) is 19.6 Å². The highest BCUT2D eigenvalue weighted by Gasteiger charge is 2.33. The molecule has 0 unspecified atom stereocenters. The summed E-state index contributed by atoms with van der Waals surface area (Å²) in [6.07, 6.45) is 0.688. The van der Waals surface area contributed by atoms with Gasteiger partial charge in [0.05, 0.1) is 19.3 Å². The topological polar surface area (TPSA) is 75.7 Å². The maximum atomic E-state index is 12.1. The first-order chi connectivity index (χ1) is 8.01. The zero-order valence-electron chi connectivity index (χ0n) is 10.3. The zero-order valence-corrected chi connectivity index (χ0v) is 11.1. The standard InChI is InChI=1S/C10H20N2O4S/c1-3-5-12(9-7-11-8-9)17(14,15)6-4-10(13)16-2/h9,11H,3-8H2,1-2H3. The summed E-state index contributed by atoms with van der Waals surface area (Å²) in [6.45, 7) is 3.83. The average molecular weight is 264 g/mol. The minimum Gasteiger partial charge on any atom is -0.469 e. The second kappa shape index (κ2) is 6.32. The van der Waals surface area contributed by atoms with E-state index in [9.17, 15) is 13.2 Å². The third kappa shape index (κ3) is 3.93. The molecule has 6 nitrogen and oxygen atoms in total. The molecule has 7 heteroatoms. The summed E-state index contributed by atoms with van der Waals surface area (Å²) in [7, 11) is -2.10. The Morgan fingerprint density at radius 2 is 2.12 bits per heavy atom. The lowest BCUT2D eigenvalue weighted by molar-refractivity contribution is -0.140. The summed E-state index contributed by atoms with van der Waals surface area (Å²) < 4.78 is 30.1. The quantitative estimate of drug-likeness (QED) is 0.631. The van der Waals surface area contributed by atoms with Crippen LogP contribution in [-0.2, 0) is 19.6 Å². The van der Waals surface area contributed by atoms with E-state index in [1.54, 1.807) is 0 Å². The van der Waals surface area contributed by atoms with E-state index in [-0.39, 0.29) is 18.2 Å². The maximum Gasteiger partial charge on any atom is 0.306 e. The summed E-state index contributed by atoms with van der Waals surface area (Å²) in [6, 6.07) is 0.0394. The third-order valence-corrected chi connectivity index (χ3v) is 4.68. The van der Waals surface area contributed by atoms with Crippen LogP contribution in [0.4, 0.5) is 0 Å². The van der Waals surface area contributed by atoms with Gasteiger partial charge in [0.2, 0.25) is 10.0 Å². The van der Waals surface area contributed by atoms with E-state index < -0.39 is 16.0 Å². The summed E-state index contributed by atoms with van der Waals surface area (Å²) in [4.78, 5) is 11.0. The first kappa shape index (κ1) is 14.4. The molecule has 0 spiro atoms. The molecule has 1 aliphatic heterocycles. The van der Waals surface area contributed by atoms with Gasteiger partial charge in [0.15, 0.2) is 0 Å². The Morgan fingerprint density at radius 3 is 2.53 bits per heavy atom. The van der Waals surface area contributed by atoms with Crippen LogP contribution in [0.5, 0.6) is 0 Å². The maximum absolute atomic E-state index is 12.1. The predicted octanol–water partition coefficient (Wildman–Crippen LogP) is -0.437. The Labute approximate surface area is 102 Å². The van der Waals surface area contributed by atoms with Crippen molar-refractivity contribution in [2.75, 3.05) is 32.5 Å². The fourth-order valence-electron chi connectivity index (χ4n) is 1.68. The van der Waals surface area contributed by atoms with Crippen molar-refractivity contribution in [1.29, 1.82) is 0 Å². The van der Waals surface area contributed by atoms with Crippen LogP contribution in [0.3, 0.4) is 0 Å². The molecule has 1 aliphatic rings. The number of carbonyl (C=O) groups excluding carboxylic acids is 1. The summed E-state index contributed by atoms with van der Waals surface area (Å²) >= 11 is 0. The number of hydrogen-bond acceptors (Lipinski definition) is 5. The van der Waals surface area contributed by atoms with Gasteiger partial charge in [0.25, 0.3) is 0 Å². The van der Waals surface area contributed by atoms with Gasteiger partial charge in [-0.1, -0.05) is 6.92 Å². The summed E-state index contributed by atoms with van der Waals surface area (Å²) in [5.74, 6) is -0.660. The SMILES string of the molecule is CCCN(C1CNC1)S(=O)(=O)CCC(=O)OC. The second-order valence-electron chi connectivity index (χ2n) is 4.06. The molecule has 0 saturated carbocycles. The monoisotopic (exact) mass is 264 g/mol. The molecule has 1 N–H and O–H groups in total. The highest BCUT2D eigenvalue weighted by Crippen LogP contribution is 2.13. The Hall–Kier alpha value is -0.660. The van der Waals surface area contributed by atoms with Crippen molar-refractivity contribution in [2.24, 2.45) is 0 Å². The molecule has 1 rings (SSSR count). The molecule has 0 aromatic rings.